The van der Waals surface area contributed by atoms with Crippen molar-refractivity contribution in [1.29, 1.82) is 0 Å². The molecule has 0 saturated heterocycles. The Morgan fingerprint density at radius 2 is 0.327 bits per heavy atom. The zero-order chi connectivity index (χ0) is 102. The molecule has 0 spiro atoms. The Morgan fingerprint density at radius 3 is 0.507 bits per heavy atom. The van der Waals surface area contributed by atoms with Gasteiger partial charge in [-0.2, -0.15) is 0 Å². The Labute approximate surface area is 878 Å². The molecule has 16 aromatic rings. The largest absolute Gasteiger partial charge is 0.355 e. The van der Waals surface area contributed by atoms with Crippen molar-refractivity contribution in [3.63, 3.8) is 0 Å². The van der Waals surface area contributed by atoms with Crippen LogP contribution in [0.3, 0.4) is 0 Å². The maximum absolute atomic E-state index is 5.63. The number of nitrogens with one attached hydrogen (secondary N) is 6. The molecule has 738 valence electrons. The molecule has 15 heteroatoms. The van der Waals surface area contributed by atoms with Gasteiger partial charge in [0.1, 0.15) is 0 Å². The van der Waals surface area contributed by atoms with E-state index in [1.165, 1.54) is 33.4 Å². The summed E-state index contributed by atoms with van der Waals surface area (Å²) in [7, 11) is 0. The van der Waals surface area contributed by atoms with Crippen LogP contribution in [0.5, 0.6) is 0 Å². The van der Waals surface area contributed by atoms with Crippen LogP contribution in [0.4, 0.5) is 0 Å². The molecule has 0 unspecified atom stereocenters. The second-order valence-corrected chi connectivity index (χ2v) is 39.9. The van der Waals surface area contributed by atoms with Gasteiger partial charge in [0.2, 0.25) is 0 Å². The van der Waals surface area contributed by atoms with E-state index in [4.69, 9.17) is 29.9 Å². The number of hydrogen-bond acceptors (Lipinski definition) is 9. The van der Waals surface area contributed by atoms with E-state index in [0.717, 1.165) is 389 Å². The molecule has 24 bridgehead atoms. The highest BCUT2D eigenvalue weighted by Crippen LogP contribution is 2.43. The first kappa shape index (κ1) is 97.5. The molecule has 6 aliphatic rings. The standard InChI is InChI=1S/C135H123N15/c1-7-13-19-25-100-106-49-61-118(139-106)130(119-62-50-107(140-119)101(26-20-14-8-2)113-56-68-125(146-113)133(97-73-79-136-80-74-97)124-67-55-112(100)145-124)94-43-37-88(38-44-94)31-34-91-85-92(35-32-89-39-45-95(46-40-89)131-120-63-51-108(141-120)102(27-21-15-9-3)114-57-69-126(147-114)134(98-75-81-137-82-76-98)127-70-58-115(148-127)103(28-22-16-10-4)109-52-64-121(131)142-109)87-93(86-91)36-33-90-41-47-96(48-42-90)132-122-65-53-110(143-122)104(29-23-17-11-5)116-59-71-128(149-116)135(99-77-83-138-84-78-99)129-72-60-117(150-129)105(30-24-18-12-6)111-54-66-123(132)144-111/h37-87,139,141,143,146,148,150H,7-30H2,1-6H3. The molecular formula is C135H123N15. The van der Waals surface area contributed by atoms with Crippen molar-refractivity contribution in [2.24, 2.45) is 0 Å². The van der Waals surface area contributed by atoms with Gasteiger partial charge in [-0.1, -0.05) is 191 Å². The number of fused-ring (bicyclic) bond motifs is 24. The second-order valence-electron chi connectivity index (χ2n) is 39.9. The molecule has 22 rings (SSSR count). The number of aromatic nitrogens is 15. The predicted molar refractivity (Wildman–Crippen MR) is 626 cm³/mol. The van der Waals surface area contributed by atoms with Gasteiger partial charge >= 0.3 is 0 Å². The number of hydrogen-bond donors (Lipinski definition) is 6. The van der Waals surface area contributed by atoms with Crippen LogP contribution >= 0.6 is 0 Å². The normalized spacial score (nSPS) is 12.1. The van der Waals surface area contributed by atoms with Crippen LogP contribution in [0.25, 0.3) is 206 Å². The smallest absolute Gasteiger partial charge is 0.0737 e. The van der Waals surface area contributed by atoms with E-state index < -0.39 is 0 Å². The first-order chi connectivity index (χ1) is 74.0. The van der Waals surface area contributed by atoms with Crippen molar-refractivity contribution in [3.8, 4) is 102 Å². The number of aromatic amines is 6. The van der Waals surface area contributed by atoms with Gasteiger partial charge < -0.3 is 29.9 Å². The molecule has 6 N–H and O–H groups in total. The van der Waals surface area contributed by atoms with E-state index in [1.54, 1.807) is 0 Å². The molecule has 0 radical (unpaired) electrons. The molecule has 12 aromatic heterocycles. The highest BCUT2D eigenvalue weighted by atomic mass is 14.8. The summed E-state index contributed by atoms with van der Waals surface area (Å²) in [6.07, 6.45) is 62.2. The lowest BCUT2D eigenvalue weighted by molar-refractivity contribution is 0.717. The summed E-state index contributed by atoms with van der Waals surface area (Å²) in [6.45, 7) is 13.6. The third-order valence-corrected chi connectivity index (χ3v) is 29.5. The highest BCUT2D eigenvalue weighted by molar-refractivity contribution is 6.00. The number of benzene rings is 4. The van der Waals surface area contributed by atoms with Gasteiger partial charge in [-0.05, 0) is 347 Å². The minimum atomic E-state index is 0.780. The Morgan fingerprint density at radius 1 is 0.167 bits per heavy atom. The van der Waals surface area contributed by atoms with Crippen LogP contribution in [-0.4, -0.2) is 74.8 Å². The maximum atomic E-state index is 5.63. The fourth-order valence-electron chi connectivity index (χ4n) is 21.7. The van der Waals surface area contributed by atoms with Gasteiger partial charge in [0.05, 0.1) is 68.3 Å². The molecule has 6 aliphatic heterocycles. The van der Waals surface area contributed by atoms with Gasteiger partial charge in [0, 0.05) is 204 Å². The minimum absolute atomic E-state index is 0.780. The van der Waals surface area contributed by atoms with Crippen molar-refractivity contribution in [3.05, 3.63) is 372 Å². The Bertz CT molecular complexity index is 7960. The Kier molecular flexibility index (Phi) is 29.5. The van der Waals surface area contributed by atoms with Gasteiger partial charge in [-0.3, -0.25) is 15.0 Å². The second kappa shape index (κ2) is 45.4. The lowest BCUT2D eigenvalue weighted by Crippen LogP contribution is -1.93. The molecule has 0 amide bonds. The fourth-order valence-corrected chi connectivity index (χ4v) is 21.7. The lowest BCUT2D eigenvalue weighted by Gasteiger charge is -2.07. The molecule has 0 atom stereocenters. The van der Waals surface area contributed by atoms with Crippen molar-refractivity contribution in [1.82, 2.24) is 74.8 Å². The summed E-state index contributed by atoms with van der Waals surface area (Å²) >= 11 is 0. The van der Waals surface area contributed by atoms with E-state index in [9.17, 15) is 0 Å². The van der Waals surface area contributed by atoms with E-state index in [-0.39, 0.29) is 0 Å². The summed E-state index contributed by atoms with van der Waals surface area (Å²) in [5.74, 6) is 21.8. The van der Waals surface area contributed by atoms with Crippen LogP contribution in [0.15, 0.2) is 237 Å². The third-order valence-electron chi connectivity index (χ3n) is 29.5. The Hall–Kier alpha value is -17.2. The van der Waals surface area contributed by atoms with E-state index >= 15 is 0 Å². The van der Waals surface area contributed by atoms with Crippen LogP contribution in [0, 0.1) is 35.5 Å². The quantitative estimate of drug-likeness (QED) is 0.0187. The number of pyridine rings is 3. The van der Waals surface area contributed by atoms with E-state index in [0.29, 0.717) is 0 Å². The summed E-state index contributed by atoms with van der Waals surface area (Å²) in [4.78, 5) is 70.4. The molecule has 0 saturated carbocycles. The van der Waals surface area contributed by atoms with Crippen LogP contribution in [0.1, 0.15) is 292 Å². The van der Waals surface area contributed by atoms with Gasteiger partial charge in [0.15, 0.2) is 0 Å². The summed E-state index contributed by atoms with van der Waals surface area (Å²) < 4.78 is 0. The molecule has 0 aliphatic carbocycles. The number of H-pyrrole nitrogens is 6. The number of unbranched alkanes of at least 4 members (excludes halogenated alkanes) is 12. The molecular weight excluding hydrogens is 1830 g/mol. The SMILES string of the molecule is CCCCCc1c2nc(c(-c3ccc(C#Cc4cc(C#Cc5ccc(-c6c7nc(c(CCCCC)c8ccc([nH]8)c(-c8ccncc8)c8nc(c(CCCCC)c9ccc6[nH]9)C=C8)C=C7)cc5)cc(C#Cc5ccc(-c6c7nc(c(CCCCC)c8ccc([nH]8)c(-c8ccncc8)c8nc(c(CCCCC)c9ccc6[nH]9)C=C8)C=C7)cc5)c4)cc3)c3ccc([nH]3)c(CCCCC)c3nc(c(-c4ccncc4)c4ccc1[nH]4)C=C3)C=C2. The first-order valence-electron chi connectivity index (χ1n) is 54.2. The lowest BCUT2D eigenvalue weighted by atomic mass is 10.0. The molecule has 15 nitrogen and oxygen atoms in total. The van der Waals surface area contributed by atoms with Crippen LogP contribution < -0.4 is 0 Å². The number of nitrogens with zero attached hydrogens (tertiary/aromatic N) is 9. The topological polar surface area (TPSA) is 211 Å². The Balaban J connectivity index is 0.660. The average Bonchev–Trinajstić information content (AvgIpc) is 1.63. The molecule has 150 heavy (non-hydrogen) atoms. The highest BCUT2D eigenvalue weighted by Gasteiger charge is 2.25. The number of aryl methyl sites for hydroxylation is 6. The molecule has 0 fully saturated rings. The van der Waals surface area contributed by atoms with Crippen molar-refractivity contribution >= 4 is 139 Å². The fraction of sp³-hybridized carbons (Fsp3) is 0.222. The van der Waals surface area contributed by atoms with Crippen molar-refractivity contribution in [2.75, 3.05) is 0 Å². The average molecular weight is 1960 g/mol. The zero-order valence-electron chi connectivity index (χ0n) is 86.4. The van der Waals surface area contributed by atoms with Crippen LogP contribution in [0.2, 0.25) is 0 Å². The zero-order valence-corrected chi connectivity index (χ0v) is 86.4. The predicted octanol–water partition coefficient (Wildman–Crippen LogP) is 33.4. The van der Waals surface area contributed by atoms with E-state index in [1.807, 2.05) is 37.2 Å². The minimum Gasteiger partial charge on any atom is -0.355 e. The summed E-state index contributed by atoms with van der Waals surface area (Å²) in [5.41, 5.74) is 47.6. The first-order valence-corrected chi connectivity index (χ1v) is 54.2. The van der Waals surface area contributed by atoms with Gasteiger partial charge in [-0.15, -0.1) is 0 Å². The maximum Gasteiger partial charge on any atom is 0.0737 e. The summed E-state index contributed by atoms with van der Waals surface area (Å²) in [5, 5.41) is 0. The summed E-state index contributed by atoms with van der Waals surface area (Å²) in [6, 6.07) is 71.4. The monoisotopic (exact) mass is 1950 g/mol. The third kappa shape index (κ3) is 21.3. The van der Waals surface area contributed by atoms with Gasteiger partial charge in [-0.25, -0.2) is 29.9 Å². The number of rotatable bonds is 30. The molecule has 4 aromatic carbocycles. The van der Waals surface area contributed by atoms with Crippen LogP contribution in [-0.2, 0) is 38.5 Å². The van der Waals surface area contributed by atoms with E-state index in [2.05, 4.69) is 395 Å². The van der Waals surface area contributed by atoms with Gasteiger partial charge in [0.25, 0.3) is 0 Å². The molecule has 18 heterocycles. The van der Waals surface area contributed by atoms with Crippen molar-refractivity contribution < 1.29 is 0 Å². The van der Waals surface area contributed by atoms with Crippen molar-refractivity contribution in [2.45, 2.75) is 196 Å².